The summed E-state index contributed by atoms with van der Waals surface area (Å²) in [4.78, 5) is 1.26. The molecule has 0 saturated heterocycles. The third kappa shape index (κ3) is 4.47. The molecule has 21 heavy (non-hydrogen) atoms. The Labute approximate surface area is 134 Å². The van der Waals surface area contributed by atoms with Crippen molar-refractivity contribution in [2.24, 2.45) is 0 Å². The van der Waals surface area contributed by atoms with Crippen molar-refractivity contribution in [1.29, 1.82) is 0 Å². The highest BCUT2D eigenvalue weighted by Gasteiger charge is 2.14. The van der Waals surface area contributed by atoms with Gasteiger partial charge in [0.05, 0.1) is 0 Å². The fourth-order valence-corrected chi connectivity index (χ4v) is 3.50. The van der Waals surface area contributed by atoms with Crippen molar-refractivity contribution in [1.82, 2.24) is 5.32 Å². The lowest BCUT2D eigenvalue weighted by Gasteiger charge is -2.17. The lowest BCUT2D eigenvalue weighted by Crippen LogP contribution is -2.30. The quantitative estimate of drug-likeness (QED) is 0.773. The molecule has 112 valence electrons. The van der Waals surface area contributed by atoms with Gasteiger partial charge in [0.25, 0.3) is 0 Å². The Kier molecular flexibility index (Phi) is 6.09. The van der Waals surface area contributed by atoms with Gasteiger partial charge in [-0.3, -0.25) is 0 Å². The Bertz CT molecular complexity index is 583. The normalized spacial score (nSPS) is 12.4. The SMILES string of the molecule is CNC(CSc1ccccc1C)Cc1c(F)cccc1Cl. The van der Waals surface area contributed by atoms with Crippen LogP contribution in [0.5, 0.6) is 0 Å². The van der Waals surface area contributed by atoms with E-state index in [9.17, 15) is 4.39 Å². The number of hydrogen-bond donors (Lipinski definition) is 1. The number of aryl methyl sites for hydroxylation is 1. The van der Waals surface area contributed by atoms with Gasteiger partial charge in [-0.15, -0.1) is 11.8 Å². The highest BCUT2D eigenvalue weighted by molar-refractivity contribution is 7.99. The fourth-order valence-electron chi connectivity index (χ4n) is 2.13. The molecule has 2 aromatic carbocycles. The molecule has 0 saturated carbocycles. The Hall–Kier alpha value is -1.03. The Balaban J connectivity index is 2.02. The van der Waals surface area contributed by atoms with E-state index < -0.39 is 0 Å². The highest BCUT2D eigenvalue weighted by atomic mass is 35.5. The predicted molar refractivity (Wildman–Crippen MR) is 89.9 cm³/mol. The molecule has 0 aliphatic rings. The zero-order valence-corrected chi connectivity index (χ0v) is 13.8. The molecule has 0 aromatic heterocycles. The summed E-state index contributed by atoms with van der Waals surface area (Å²) in [5.74, 6) is 0.634. The Morgan fingerprint density at radius 2 is 1.95 bits per heavy atom. The van der Waals surface area contributed by atoms with Crippen LogP contribution in [0.2, 0.25) is 5.02 Å². The molecule has 0 fully saturated rings. The van der Waals surface area contributed by atoms with Crippen LogP contribution in [0, 0.1) is 12.7 Å². The van der Waals surface area contributed by atoms with Gasteiger partial charge >= 0.3 is 0 Å². The van der Waals surface area contributed by atoms with Crippen molar-refractivity contribution >= 4 is 23.4 Å². The summed E-state index contributed by atoms with van der Waals surface area (Å²) in [5, 5.41) is 3.74. The first-order valence-electron chi connectivity index (χ1n) is 6.90. The minimum Gasteiger partial charge on any atom is -0.316 e. The summed E-state index contributed by atoms with van der Waals surface area (Å²) in [6, 6.07) is 13.3. The number of rotatable bonds is 6. The van der Waals surface area contributed by atoms with Gasteiger partial charge in [0.1, 0.15) is 5.82 Å². The first-order valence-corrected chi connectivity index (χ1v) is 8.26. The van der Waals surface area contributed by atoms with Gasteiger partial charge < -0.3 is 5.32 Å². The van der Waals surface area contributed by atoms with Crippen LogP contribution in [-0.2, 0) is 6.42 Å². The molecule has 0 bridgehead atoms. The number of hydrogen-bond acceptors (Lipinski definition) is 2. The van der Waals surface area contributed by atoms with Crippen molar-refractivity contribution in [2.75, 3.05) is 12.8 Å². The molecular weight excluding hydrogens is 305 g/mol. The largest absolute Gasteiger partial charge is 0.316 e. The number of nitrogens with one attached hydrogen (secondary N) is 1. The van der Waals surface area contributed by atoms with Crippen molar-refractivity contribution in [3.8, 4) is 0 Å². The van der Waals surface area contributed by atoms with Gasteiger partial charge in [0.15, 0.2) is 0 Å². The van der Waals surface area contributed by atoms with Crippen molar-refractivity contribution in [3.05, 3.63) is 64.4 Å². The molecule has 1 unspecified atom stereocenters. The molecule has 0 spiro atoms. The standard InChI is InChI=1S/C17H19ClFNS/c1-12-6-3-4-9-17(12)21-11-13(20-2)10-14-15(18)7-5-8-16(14)19/h3-9,13,20H,10-11H2,1-2H3. The van der Waals surface area contributed by atoms with Crippen LogP contribution in [0.3, 0.4) is 0 Å². The van der Waals surface area contributed by atoms with Crippen molar-refractivity contribution in [3.63, 3.8) is 0 Å². The van der Waals surface area contributed by atoms with Crippen LogP contribution in [0.1, 0.15) is 11.1 Å². The first-order chi connectivity index (χ1) is 10.1. The van der Waals surface area contributed by atoms with E-state index in [1.165, 1.54) is 16.5 Å². The van der Waals surface area contributed by atoms with Gasteiger partial charge in [-0.2, -0.15) is 0 Å². The van der Waals surface area contributed by atoms with E-state index in [-0.39, 0.29) is 11.9 Å². The van der Waals surface area contributed by atoms with E-state index in [2.05, 4.69) is 24.4 Å². The average molecular weight is 324 g/mol. The molecule has 0 amide bonds. The zero-order chi connectivity index (χ0) is 15.2. The smallest absolute Gasteiger partial charge is 0.127 e. The molecular formula is C17H19ClFNS. The maximum absolute atomic E-state index is 13.9. The molecule has 1 atom stereocenters. The van der Waals surface area contributed by atoms with Gasteiger partial charge in [-0.25, -0.2) is 4.39 Å². The highest BCUT2D eigenvalue weighted by Crippen LogP contribution is 2.25. The summed E-state index contributed by atoms with van der Waals surface area (Å²) in [7, 11) is 1.90. The van der Waals surface area contributed by atoms with Crippen LogP contribution in [0.15, 0.2) is 47.4 Å². The maximum Gasteiger partial charge on any atom is 0.127 e. The Morgan fingerprint density at radius 3 is 2.62 bits per heavy atom. The molecule has 1 nitrogen and oxygen atoms in total. The molecule has 0 aliphatic carbocycles. The number of thioether (sulfide) groups is 1. The van der Waals surface area contributed by atoms with E-state index in [1.807, 2.05) is 19.2 Å². The molecule has 0 aliphatic heterocycles. The second-order valence-corrected chi connectivity index (χ2v) is 6.44. The lowest BCUT2D eigenvalue weighted by molar-refractivity contribution is 0.568. The lowest BCUT2D eigenvalue weighted by atomic mass is 10.1. The monoisotopic (exact) mass is 323 g/mol. The van der Waals surface area contributed by atoms with E-state index >= 15 is 0 Å². The second-order valence-electron chi connectivity index (χ2n) is 4.97. The summed E-state index contributed by atoms with van der Waals surface area (Å²) < 4.78 is 13.9. The summed E-state index contributed by atoms with van der Waals surface area (Å²) in [5.41, 5.74) is 1.85. The van der Waals surface area contributed by atoms with Crippen LogP contribution in [0.25, 0.3) is 0 Å². The third-order valence-corrected chi connectivity index (χ3v) is 5.15. The van der Waals surface area contributed by atoms with Crippen molar-refractivity contribution < 1.29 is 4.39 Å². The maximum atomic E-state index is 13.9. The first kappa shape index (κ1) is 16.3. The van der Waals surface area contributed by atoms with Crippen molar-refractivity contribution in [2.45, 2.75) is 24.3 Å². The summed E-state index contributed by atoms with van der Waals surface area (Å²) in [6.45, 7) is 2.10. The number of benzene rings is 2. The van der Waals surface area contributed by atoms with E-state index in [1.54, 1.807) is 23.9 Å². The average Bonchev–Trinajstić information content (AvgIpc) is 2.48. The predicted octanol–water partition coefficient (Wildman–Crippen LogP) is 4.71. The van der Waals surface area contributed by atoms with E-state index in [0.29, 0.717) is 17.0 Å². The van der Waals surface area contributed by atoms with Crippen LogP contribution >= 0.6 is 23.4 Å². The van der Waals surface area contributed by atoms with Crippen LogP contribution in [-0.4, -0.2) is 18.8 Å². The third-order valence-electron chi connectivity index (χ3n) is 3.45. The number of likely N-dealkylation sites (N-methyl/N-ethyl adjacent to an activating group) is 1. The van der Waals surface area contributed by atoms with Gasteiger partial charge in [0.2, 0.25) is 0 Å². The molecule has 1 N–H and O–H groups in total. The second kappa shape index (κ2) is 7.83. The minimum atomic E-state index is -0.233. The molecule has 2 rings (SSSR count). The van der Waals surface area contributed by atoms with E-state index in [4.69, 9.17) is 11.6 Å². The zero-order valence-electron chi connectivity index (χ0n) is 12.2. The molecule has 0 radical (unpaired) electrons. The summed E-state index contributed by atoms with van der Waals surface area (Å²) >= 11 is 7.88. The molecule has 2 aromatic rings. The molecule has 0 heterocycles. The number of halogens is 2. The van der Waals surface area contributed by atoms with Gasteiger partial charge in [-0.05, 0) is 44.2 Å². The minimum absolute atomic E-state index is 0.170. The van der Waals surface area contributed by atoms with Gasteiger partial charge in [-0.1, -0.05) is 35.9 Å². The topological polar surface area (TPSA) is 12.0 Å². The van der Waals surface area contributed by atoms with Crippen LogP contribution in [0.4, 0.5) is 4.39 Å². The van der Waals surface area contributed by atoms with Crippen LogP contribution < -0.4 is 5.32 Å². The summed E-state index contributed by atoms with van der Waals surface area (Å²) in [6.07, 6.45) is 0.584. The molecule has 4 heteroatoms. The van der Waals surface area contributed by atoms with Gasteiger partial charge in [0, 0.05) is 27.3 Å². The van der Waals surface area contributed by atoms with E-state index in [0.717, 1.165) is 5.75 Å². The fraction of sp³-hybridized carbons (Fsp3) is 0.294. The Morgan fingerprint density at radius 1 is 1.19 bits per heavy atom.